The quantitative estimate of drug-likeness (QED) is 0.709. The highest BCUT2D eigenvalue weighted by atomic mass is 35.5. The Morgan fingerprint density at radius 3 is 2.75 bits per heavy atom. The summed E-state index contributed by atoms with van der Waals surface area (Å²) in [6.07, 6.45) is 0. The summed E-state index contributed by atoms with van der Waals surface area (Å²) in [6.45, 7) is 0.560. The first-order valence-electron chi connectivity index (χ1n) is 3.23. The van der Waals surface area contributed by atoms with Crippen molar-refractivity contribution in [3.63, 3.8) is 0 Å². The molecule has 0 bridgehead atoms. The summed E-state index contributed by atoms with van der Waals surface area (Å²) in [6, 6.07) is 5.01. The minimum Gasteiger partial charge on any atom is -0.463 e. The van der Waals surface area contributed by atoms with E-state index in [-0.39, 0.29) is 6.61 Å². The average Bonchev–Trinajstić information content (AvgIpc) is 2.03. The molecule has 0 N–H and O–H groups in total. The van der Waals surface area contributed by atoms with Crippen molar-refractivity contribution in [2.45, 2.75) is 6.61 Å². The summed E-state index contributed by atoms with van der Waals surface area (Å²) in [5.74, 6) is 0. The number of carbonyl (C=O) groups excluding carboxylic acids is 1. The molecule has 0 aliphatic heterocycles. The highest BCUT2D eigenvalue weighted by Crippen LogP contribution is 2.21. The minimum atomic E-state index is 0.180. The molecule has 0 aromatic heterocycles. The Balaban J connectivity index is 2.78. The van der Waals surface area contributed by atoms with Crippen LogP contribution in [0.25, 0.3) is 0 Å². The fourth-order valence-electron chi connectivity index (χ4n) is 0.763. The van der Waals surface area contributed by atoms with Gasteiger partial charge >= 0.3 is 0 Å². The van der Waals surface area contributed by atoms with Gasteiger partial charge in [0.2, 0.25) is 0 Å². The van der Waals surface area contributed by atoms with Crippen LogP contribution in [0.2, 0.25) is 10.0 Å². The maximum absolute atomic E-state index is 9.87. The van der Waals surface area contributed by atoms with E-state index in [1.165, 1.54) is 0 Å². The van der Waals surface area contributed by atoms with Crippen molar-refractivity contribution in [2.75, 3.05) is 0 Å². The number of ether oxygens (including phenoxy) is 1. The molecule has 0 spiro atoms. The summed E-state index contributed by atoms with van der Waals surface area (Å²) in [5.41, 5.74) is 0.744. The van der Waals surface area contributed by atoms with Crippen molar-refractivity contribution in [1.29, 1.82) is 0 Å². The number of benzene rings is 1. The van der Waals surface area contributed by atoms with Gasteiger partial charge in [-0.1, -0.05) is 29.3 Å². The van der Waals surface area contributed by atoms with E-state index in [0.29, 0.717) is 16.5 Å². The standard InChI is InChI=1S/C8H6Cl2O2/c9-7-2-1-6(4-12-5-11)8(10)3-7/h1-3,5H,4H2. The van der Waals surface area contributed by atoms with Crippen molar-refractivity contribution in [3.8, 4) is 0 Å². The highest BCUT2D eigenvalue weighted by molar-refractivity contribution is 6.35. The molecule has 0 unspecified atom stereocenters. The van der Waals surface area contributed by atoms with Crippen LogP contribution in [0.1, 0.15) is 5.56 Å². The third-order valence-corrected chi connectivity index (χ3v) is 1.91. The zero-order valence-electron chi connectivity index (χ0n) is 6.09. The van der Waals surface area contributed by atoms with Gasteiger partial charge in [-0.25, -0.2) is 0 Å². The van der Waals surface area contributed by atoms with E-state index in [9.17, 15) is 4.79 Å². The Labute approximate surface area is 80.0 Å². The molecule has 0 fully saturated rings. The van der Waals surface area contributed by atoms with Crippen molar-refractivity contribution in [2.24, 2.45) is 0 Å². The molecule has 1 aromatic carbocycles. The van der Waals surface area contributed by atoms with E-state index in [1.807, 2.05) is 0 Å². The molecule has 1 aromatic rings. The highest BCUT2D eigenvalue weighted by Gasteiger charge is 2.00. The van der Waals surface area contributed by atoms with Crippen LogP contribution in [-0.2, 0) is 16.1 Å². The molecule has 0 aliphatic carbocycles. The van der Waals surface area contributed by atoms with E-state index in [4.69, 9.17) is 23.2 Å². The molecule has 0 heterocycles. The number of rotatable bonds is 3. The van der Waals surface area contributed by atoms with Gasteiger partial charge in [0.25, 0.3) is 6.47 Å². The van der Waals surface area contributed by atoms with Crippen LogP contribution in [-0.4, -0.2) is 6.47 Å². The van der Waals surface area contributed by atoms with Gasteiger partial charge in [0.15, 0.2) is 0 Å². The fraction of sp³-hybridized carbons (Fsp3) is 0.125. The topological polar surface area (TPSA) is 26.3 Å². The van der Waals surface area contributed by atoms with Gasteiger partial charge in [0.1, 0.15) is 6.61 Å². The van der Waals surface area contributed by atoms with Crippen LogP contribution in [0.3, 0.4) is 0 Å². The Morgan fingerprint density at radius 1 is 1.42 bits per heavy atom. The van der Waals surface area contributed by atoms with Crippen LogP contribution in [0.5, 0.6) is 0 Å². The second-order valence-electron chi connectivity index (χ2n) is 2.14. The predicted octanol–water partition coefficient (Wildman–Crippen LogP) is 2.67. The largest absolute Gasteiger partial charge is 0.463 e. The van der Waals surface area contributed by atoms with Crippen molar-refractivity contribution in [3.05, 3.63) is 33.8 Å². The molecule has 0 saturated heterocycles. The summed E-state index contributed by atoms with van der Waals surface area (Å²) >= 11 is 11.4. The SMILES string of the molecule is O=COCc1ccc(Cl)cc1Cl. The summed E-state index contributed by atoms with van der Waals surface area (Å²) in [5, 5.41) is 1.07. The minimum absolute atomic E-state index is 0.180. The molecule has 0 radical (unpaired) electrons. The zero-order chi connectivity index (χ0) is 8.97. The van der Waals surface area contributed by atoms with Crippen LogP contribution >= 0.6 is 23.2 Å². The molecule has 64 valence electrons. The van der Waals surface area contributed by atoms with E-state index >= 15 is 0 Å². The van der Waals surface area contributed by atoms with Gasteiger partial charge in [-0.2, -0.15) is 0 Å². The molecule has 0 atom stereocenters. The van der Waals surface area contributed by atoms with Gasteiger partial charge in [-0.3, -0.25) is 4.79 Å². The maximum atomic E-state index is 9.87. The van der Waals surface area contributed by atoms with E-state index < -0.39 is 0 Å². The first kappa shape index (κ1) is 9.36. The van der Waals surface area contributed by atoms with E-state index in [2.05, 4.69) is 4.74 Å². The summed E-state index contributed by atoms with van der Waals surface area (Å²) in [4.78, 5) is 9.87. The van der Waals surface area contributed by atoms with Gasteiger partial charge < -0.3 is 4.74 Å². The first-order valence-corrected chi connectivity index (χ1v) is 3.99. The monoisotopic (exact) mass is 204 g/mol. The van der Waals surface area contributed by atoms with Crippen molar-refractivity contribution >= 4 is 29.7 Å². The summed E-state index contributed by atoms with van der Waals surface area (Å²) in [7, 11) is 0. The molecule has 2 nitrogen and oxygen atoms in total. The molecule has 0 amide bonds. The van der Waals surface area contributed by atoms with E-state index in [1.54, 1.807) is 18.2 Å². The molecular weight excluding hydrogens is 199 g/mol. The van der Waals surface area contributed by atoms with Crippen molar-refractivity contribution < 1.29 is 9.53 Å². The molecule has 0 aliphatic rings. The lowest BCUT2D eigenvalue weighted by Crippen LogP contribution is -1.90. The molecule has 12 heavy (non-hydrogen) atoms. The van der Waals surface area contributed by atoms with Crippen LogP contribution < -0.4 is 0 Å². The lowest BCUT2D eigenvalue weighted by molar-refractivity contribution is -0.129. The molecule has 4 heteroatoms. The number of halogens is 2. The maximum Gasteiger partial charge on any atom is 0.293 e. The lowest BCUT2D eigenvalue weighted by atomic mass is 10.2. The molecule has 1 rings (SSSR count). The average molecular weight is 205 g/mol. The van der Waals surface area contributed by atoms with Crippen LogP contribution in [0, 0.1) is 0 Å². The first-order chi connectivity index (χ1) is 5.74. The molecule has 0 saturated carbocycles. The predicted molar refractivity (Wildman–Crippen MR) is 47.3 cm³/mol. The zero-order valence-corrected chi connectivity index (χ0v) is 7.60. The third kappa shape index (κ3) is 2.40. The van der Waals surface area contributed by atoms with Crippen LogP contribution in [0.15, 0.2) is 18.2 Å². The van der Waals surface area contributed by atoms with Crippen LogP contribution in [0.4, 0.5) is 0 Å². The van der Waals surface area contributed by atoms with Gasteiger partial charge in [0, 0.05) is 15.6 Å². The Morgan fingerprint density at radius 2 is 2.17 bits per heavy atom. The normalized spacial score (nSPS) is 9.50. The number of hydrogen-bond acceptors (Lipinski definition) is 2. The smallest absolute Gasteiger partial charge is 0.293 e. The van der Waals surface area contributed by atoms with E-state index in [0.717, 1.165) is 5.56 Å². The third-order valence-electron chi connectivity index (χ3n) is 1.32. The van der Waals surface area contributed by atoms with Crippen molar-refractivity contribution in [1.82, 2.24) is 0 Å². The van der Waals surface area contributed by atoms with Gasteiger partial charge in [-0.05, 0) is 12.1 Å². The lowest BCUT2D eigenvalue weighted by Gasteiger charge is -2.01. The fourth-order valence-corrected chi connectivity index (χ4v) is 1.23. The van der Waals surface area contributed by atoms with Gasteiger partial charge in [-0.15, -0.1) is 0 Å². The number of carbonyl (C=O) groups is 1. The van der Waals surface area contributed by atoms with Gasteiger partial charge in [0.05, 0.1) is 0 Å². The number of hydrogen-bond donors (Lipinski definition) is 0. The second-order valence-corrected chi connectivity index (χ2v) is 2.99. The molecular formula is C8H6Cl2O2. The Bertz CT molecular complexity index is 286. The second kappa shape index (κ2) is 4.33. The Hall–Kier alpha value is -0.730. The Kier molecular flexibility index (Phi) is 3.38. The summed E-state index contributed by atoms with van der Waals surface area (Å²) < 4.78 is 4.53.